The maximum absolute atomic E-state index is 13.4. The van der Waals surface area contributed by atoms with E-state index in [1.165, 1.54) is 14.9 Å². The average Bonchev–Trinajstić information content (AvgIpc) is 3.29. The summed E-state index contributed by atoms with van der Waals surface area (Å²) in [4.78, 5) is 66.3. The Bertz CT molecular complexity index is 2270. The smallest absolute Gasteiger partial charge is 0.273 e. The number of nitrogens with one attached hydrogen (secondary N) is 3. The van der Waals surface area contributed by atoms with Crippen molar-refractivity contribution in [2.24, 2.45) is 11.7 Å². The van der Waals surface area contributed by atoms with E-state index in [4.69, 9.17) is 14.3 Å². The molecule has 13 heteroatoms. The highest BCUT2D eigenvalue weighted by Crippen LogP contribution is 2.14. The van der Waals surface area contributed by atoms with E-state index in [2.05, 4.69) is 28.6 Å². The lowest BCUT2D eigenvalue weighted by Gasteiger charge is -2.21. The molecule has 0 aliphatic heterocycles. The summed E-state index contributed by atoms with van der Waals surface area (Å²) in [5, 5.41) is 9.28. The van der Waals surface area contributed by atoms with Gasteiger partial charge in [0.1, 0.15) is 19.1 Å². The van der Waals surface area contributed by atoms with Gasteiger partial charge in [-0.3, -0.25) is 24.0 Å². The van der Waals surface area contributed by atoms with E-state index in [-0.39, 0.29) is 41.9 Å². The Morgan fingerprint density at radius 1 is 0.705 bits per heavy atom. The van der Waals surface area contributed by atoms with Crippen LogP contribution in [0.25, 0.3) is 10.8 Å². The van der Waals surface area contributed by atoms with Gasteiger partial charge in [-0.1, -0.05) is 98.8 Å². The summed E-state index contributed by atoms with van der Waals surface area (Å²) in [6.07, 6.45) is 3.40. The van der Waals surface area contributed by atoms with E-state index in [0.29, 0.717) is 30.1 Å². The van der Waals surface area contributed by atoms with Crippen LogP contribution < -0.4 is 37.5 Å². The van der Waals surface area contributed by atoms with E-state index in [1.807, 2.05) is 137 Å². The van der Waals surface area contributed by atoms with E-state index in [1.54, 1.807) is 31.4 Å². The number of aromatic nitrogens is 2. The number of aryl methyl sites for hydroxylation is 1. The molecule has 0 fully saturated rings. The molecular weight excluding hydrogens is 773 g/mol. The lowest BCUT2D eigenvalue weighted by molar-refractivity contribution is -0.122. The number of nitrogens with two attached hydrogens (primary N) is 1. The second-order valence-corrected chi connectivity index (χ2v) is 13.7. The molecule has 13 nitrogen and oxygen atoms in total. The van der Waals surface area contributed by atoms with Gasteiger partial charge in [0, 0.05) is 31.0 Å². The molecule has 6 rings (SSSR count). The Morgan fingerprint density at radius 3 is 1.66 bits per heavy atom. The maximum Gasteiger partial charge on any atom is 0.273 e. The first-order valence-corrected chi connectivity index (χ1v) is 19.7. The molecule has 1 unspecified atom stereocenters. The zero-order chi connectivity index (χ0) is 45.0. The van der Waals surface area contributed by atoms with Gasteiger partial charge in [0.25, 0.3) is 11.1 Å². The topological polar surface area (TPSA) is 184 Å². The third-order valence-corrected chi connectivity index (χ3v) is 9.11. The van der Waals surface area contributed by atoms with E-state index in [0.717, 1.165) is 41.1 Å². The zero-order valence-electron chi connectivity index (χ0n) is 35.6. The van der Waals surface area contributed by atoms with E-state index in [9.17, 15) is 19.2 Å². The summed E-state index contributed by atoms with van der Waals surface area (Å²) in [5.74, 6) is 0.677. The van der Waals surface area contributed by atoms with Crippen LogP contribution in [0, 0.1) is 5.92 Å². The Labute approximate surface area is 357 Å². The molecule has 0 radical (unpaired) electrons. The van der Waals surface area contributed by atoms with Gasteiger partial charge < -0.3 is 31.2 Å². The van der Waals surface area contributed by atoms with Crippen molar-refractivity contribution in [3.8, 4) is 5.75 Å². The molecule has 0 saturated carbocycles. The van der Waals surface area contributed by atoms with Crippen LogP contribution in [0.4, 0.5) is 11.4 Å². The first-order valence-electron chi connectivity index (χ1n) is 19.7. The Morgan fingerprint density at radius 2 is 1.18 bits per heavy atom. The molecule has 2 atom stereocenters. The second-order valence-electron chi connectivity index (χ2n) is 13.7. The minimum atomic E-state index is -0.335. The van der Waals surface area contributed by atoms with Crippen LogP contribution in [-0.2, 0) is 51.5 Å². The second kappa shape index (κ2) is 28.2. The molecule has 0 bridgehead atoms. The minimum absolute atomic E-state index is 0.0852. The summed E-state index contributed by atoms with van der Waals surface area (Å²) in [5.41, 5.74) is 9.08. The predicted octanol–water partition coefficient (Wildman–Crippen LogP) is 6.26. The lowest BCUT2D eigenvalue weighted by atomic mass is 10.0. The Hall–Kier alpha value is -7.28. The number of nitrogens with zero attached hydrogens (tertiary/aromatic N) is 2. The van der Waals surface area contributed by atoms with Gasteiger partial charge in [-0.25, -0.2) is 9.36 Å². The molecule has 0 aliphatic rings. The van der Waals surface area contributed by atoms with E-state index < -0.39 is 0 Å². The first-order chi connectivity index (χ1) is 29.6. The summed E-state index contributed by atoms with van der Waals surface area (Å²) in [6.45, 7) is 8.20. The third kappa shape index (κ3) is 17.2. The van der Waals surface area contributed by atoms with Gasteiger partial charge in [-0.2, -0.15) is 0 Å². The standard InChI is InChI=1S/C29H31N3O3.C9H11NO.C8H11NO.CH3NO.CH2O/c1-21(17-23-11-5-3-6-12-23)19-31-28(34)25-15-9-10-16-26(25)29(35)32(31)20-27(33)30-22(2)18-24-13-7-4-8-14-24;1-2-8-3-5-9(6-4-8)10-7-11;1-9-7-3-5-8(10-2)6-4-7;2-1-3;1-2/h3-16,21-22H,17-20H2,1-2H3,(H,30,33);3-7H,2H2,1H3,(H,10,11);3-6,9H,1-2H3;1H,(H2,2,3);1H2/t21?,22-;;;;/m1..../s1. The molecule has 0 saturated heterocycles. The molecular formula is C48H58N6O7. The van der Waals surface area contributed by atoms with Crippen LogP contribution in [0.3, 0.4) is 0 Å². The summed E-state index contributed by atoms with van der Waals surface area (Å²) >= 11 is 0. The number of primary amides is 1. The SMILES string of the molecule is C=O.CC(Cc1ccccc1)Cn1c(=O)c2ccccc2c(=O)n1CC(=O)N[C@H](C)Cc1ccccc1.CCc1ccc(NC=O)cc1.CNc1ccc(OC)cc1.NC=O. The molecule has 0 spiro atoms. The number of carbonyl (C=O) groups excluding carboxylic acids is 4. The largest absolute Gasteiger partial charge is 0.497 e. The van der Waals surface area contributed by atoms with Crippen molar-refractivity contribution >= 4 is 47.7 Å². The highest BCUT2D eigenvalue weighted by atomic mass is 16.5. The van der Waals surface area contributed by atoms with Crippen molar-refractivity contribution in [2.75, 3.05) is 24.8 Å². The van der Waals surface area contributed by atoms with Crippen LogP contribution in [0.2, 0.25) is 0 Å². The highest BCUT2D eigenvalue weighted by Gasteiger charge is 2.18. The number of rotatable bonds is 14. The molecule has 1 heterocycles. The van der Waals surface area contributed by atoms with Crippen LogP contribution in [0.5, 0.6) is 5.75 Å². The Balaban J connectivity index is 0.000000399. The molecule has 322 valence electrons. The van der Waals surface area contributed by atoms with Gasteiger partial charge in [0.15, 0.2) is 0 Å². The number of anilines is 2. The summed E-state index contributed by atoms with van der Waals surface area (Å²) < 4.78 is 7.73. The predicted molar refractivity (Wildman–Crippen MR) is 245 cm³/mol. The van der Waals surface area contributed by atoms with Gasteiger partial charge in [-0.15, -0.1) is 0 Å². The summed E-state index contributed by atoms with van der Waals surface area (Å²) in [6, 6.07) is 42.2. The molecule has 3 amide bonds. The van der Waals surface area contributed by atoms with Crippen molar-refractivity contribution in [1.82, 2.24) is 14.7 Å². The summed E-state index contributed by atoms with van der Waals surface area (Å²) in [7, 11) is 3.55. The van der Waals surface area contributed by atoms with Gasteiger partial charge in [-0.05, 0) is 97.3 Å². The van der Waals surface area contributed by atoms with Gasteiger partial charge >= 0.3 is 0 Å². The highest BCUT2D eigenvalue weighted by molar-refractivity contribution is 5.81. The number of amides is 3. The molecule has 5 aromatic carbocycles. The van der Waals surface area contributed by atoms with Crippen LogP contribution >= 0.6 is 0 Å². The number of fused-ring (bicyclic) bond motifs is 1. The number of methoxy groups -OCH3 is 1. The van der Waals surface area contributed by atoms with E-state index >= 15 is 0 Å². The van der Waals surface area contributed by atoms with Gasteiger partial charge in [0.2, 0.25) is 18.7 Å². The number of hydrogen-bond acceptors (Lipinski definition) is 8. The third-order valence-electron chi connectivity index (χ3n) is 9.11. The quantitative estimate of drug-likeness (QED) is 0.0928. The van der Waals surface area contributed by atoms with Crippen molar-refractivity contribution in [1.29, 1.82) is 0 Å². The molecule has 61 heavy (non-hydrogen) atoms. The van der Waals surface area contributed by atoms with Crippen LogP contribution in [-0.4, -0.2) is 55.1 Å². The van der Waals surface area contributed by atoms with Crippen molar-refractivity contribution in [3.63, 3.8) is 0 Å². The molecule has 5 N–H and O–H groups in total. The number of hydrogen-bond donors (Lipinski definition) is 4. The molecule has 6 aromatic rings. The monoisotopic (exact) mass is 830 g/mol. The normalized spacial score (nSPS) is 10.8. The number of ether oxygens (including phenoxy) is 1. The van der Waals surface area contributed by atoms with Crippen molar-refractivity contribution < 1.29 is 23.9 Å². The fourth-order valence-electron chi connectivity index (χ4n) is 6.21. The zero-order valence-corrected chi connectivity index (χ0v) is 35.6. The molecule has 0 aliphatic carbocycles. The first kappa shape index (κ1) is 49.9. The van der Waals surface area contributed by atoms with Crippen molar-refractivity contribution in [2.45, 2.75) is 59.2 Å². The lowest BCUT2D eigenvalue weighted by Crippen LogP contribution is -2.45. The van der Waals surface area contributed by atoms with Crippen LogP contribution in [0.15, 0.2) is 143 Å². The fourth-order valence-corrected chi connectivity index (χ4v) is 6.21. The van der Waals surface area contributed by atoms with Crippen molar-refractivity contribution in [3.05, 3.63) is 171 Å². The maximum atomic E-state index is 13.4. The fraction of sp³-hybridized carbons (Fsp3) is 0.250. The Kier molecular flexibility index (Phi) is 23.1. The van der Waals surface area contributed by atoms with Gasteiger partial charge in [0.05, 0.1) is 17.9 Å². The number of benzene rings is 5. The molecule has 1 aromatic heterocycles. The van der Waals surface area contributed by atoms with Crippen LogP contribution in [0.1, 0.15) is 37.5 Å². The average molecular weight is 831 g/mol. The minimum Gasteiger partial charge on any atom is -0.497 e. The number of carbonyl (C=O) groups is 4.